The van der Waals surface area contributed by atoms with Crippen molar-refractivity contribution in [2.24, 2.45) is 0 Å². The SMILES string of the molecule is COc1ccc2c(n1)/C(=C/CN(C)C)CC2. The van der Waals surface area contributed by atoms with Crippen molar-refractivity contribution in [3.8, 4) is 5.88 Å². The van der Waals surface area contributed by atoms with Crippen LogP contribution < -0.4 is 4.74 Å². The number of aromatic nitrogens is 1. The van der Waals surface area contributed by atoms with Gasteiger partial charge in [-0.2, -0.15) is 0 Å². The van der Waals surface area contributed by atoms with Crippen LogP contribution in [0.15, 0.2) is 18.2 Å². The number of ether oxygens (including phenoxy) is 1. The smallest absolute Gasteiger partial charge is 0.213 e. The van der Waals surface area contributed by atoms with Crippen LogP contribution in [-0.4, -0.2) is 37.6 Å². The fourth-order valence-corrected chi connectivity index (χ4v) is 1.94. The Labute approximate surface area is 96.7 Å². The summed E-state index contributed by atoms with van der Waals surface area (Å²) in [7, 11) is 5.81. The van der Waals surface area contributed by atoms with Gasteiger partial charge in [0, 0.05) is 12.6 Å². The predicted octanol–water partition coefficient (Wildman–Crippen LogP) is 1.98. The number of methoxy groups -OCH3 is 1. The van der Waals surface area contributed by atoms with Gasteiger partial charge in [0.25, 0.3) is 0 Å². The van der Waals surface area contributed by atoms with Crippen LogP contribution in [0.2, 0.25) is 0 Å². The Bertz CT molecular complexity index is 410. The summed E-state index contributed by atoms with van der Waals surface area (Å²) < 4.78 is 5.16. The summed E-state index contributed by atoms with van der Waals surface area (Å²) in [4.78, 5) is 6.68. The molecule has 0 spiro atoms. The topological polar surface area (TPSA) is 25.4 Å². The maximum absolute atomic E-state index is 5.16. The number of fused-ring (bicyclic) bond motifs is 1. The number of hydrogen-bond acceptors (Lipinski definition) is 3. The van der Waals surface area contributed by atoms with E-state index >= 15 is 0 Å². The zero-order valence-electron chi connectivity index (χ0n) is 10.2. The van der Waals surface area contributed by atoms with Gasteiger partial charge in [-0.15, -0.1) is 0 Å². The Morgan fingerprint density at radius 1 is 1.38 bits per heavy atom. The van der Waals surface area contributed by atoms with Crippen LogP contribution in [0.25, 0.3) is 5.57 Å². The lowest BCUT2D eigenvalue weighted by molar-refractivity contribution is 0.397. The summed E-state index contributed by atoms with van der Waals surface area (Å²) in [5, 5.41) is 0. The van der Waals surface area contributed by atoms with E-state index in [1.807, 2.05) is 6.07 Å². The van der Waals surface area contributed by atoms with Crippen LogP contribution >= 0.6 is 0 Å². The maximum Gasteiger partial charge on any atom is 0.213 e. The molecule has 0 fully saturated rings. The summed E-state index contributed by atoms with van der Waals surface area (Å²) >= 11 is 0. The Kier molecular flexibility index (Phi) is 3.25. The van der Waals surface area contributed by atoms with E-state index in [4.69, 9.17) is 4.74 Å². The lowest BCUT2D eigenvalue weighted by Crippen LogP contribution is -2.11. The molecule has 86 valence electrons. The number of allylic oxidation sites excluding steroid dienone is 1. The normalized spacial score (nSPS) is 16.9. The minimum Gasteiger partial charge on any atom is -0.481 e. The molecule has 1 heterocycles. The molecule has 1 aromatic heterocycles. The number of rotatable bonds is 3. The van der Waals surface area contributed by atoms with Crippen molar-refractivity contribution in [1.29, 1.82) is 0 Å². The maximum atomic E-state index is 5.16. The second-order valence-electron chi connectivity index (χ2n) is 4.35. The first kappa shape index (κ1) is 11.1. The Hall–Kier alpha value is -1.35. The van der Waals surface area contributed by atoms with Gasteiger partial charge in [-0.25, -0.2) is 4.98 Å². The van der Waals surface area contributed by atoms with Crippen LogP contribution in [-0.2, 0) is 6.42 Å². The zero-order valence-corrected chi connectivity index (χ0v) is 10.2. The minimum absolute atomic E-state index is 0.705. The van der Waals surface area contributed by atoms with E-state index in [-0.39, 0.29) is 0 Å². The summed E-state index contributed by atoms with van der Waals surface area (Å²) in [6, 6.07) is 4.06. The molecule has 0 saturated carbocycles. The van der Waals surface area contributed by atoms with Crippen molar-refractivity contribution >= 4 is 5.57 Å². The van der Waals surface area contributed by atoms with Gasteiger partial charge in [-0.3, -0.25) is 0 Å². The van der Waals surface area contributed by atoms with Crippen LogP contribution in [0, 0.1) is 0 Å². The highest BCUT2D eigenvalue weighted by atomic mass is 16.5. The predicted molar refractivity (Wildman–Crippen MR) is 65.6 cm³/mol. The van der Waals surface area contributed by atoms with Crippen molar-refractivity contribution in [2.75, 3.05) is 27.7 Å². The highest BCUT2D eigenvalue weighted by Gasteiger charge is 2.18. The van der Waals surface area contributed by atoms with Crippen molar-refractivity contribution < 1.29 is 4.74 Å². The van der Waals surface area contributed by atoms with E-state index in [9.17, 15) is 0 Å². The number of pyridine rings is 1. The average molecular weight is 218 g/mol. The van der Waals surface area contributed by atoms with Gasteiger partial charge < -0.3 is 9.64 Å². The van der Waals surface area contributed by atoms with Crippen molar-refractivity contribution in [3.05, 3.63) is 29.5 Å². The number of hydrogen-bond donors (Lipinski definition) is 0. The van der Waals surface area contributed by atoms with Gasteiger partial charge in [0.05, 0.1) is 12.8 Å². The molecule has 1 aliphatic rings. The van der Waals surface area contributed by atoms with Crippen LogP contribution in [0.4, 0.5) is 0 Å². The van der Waals surface area contributed by atoms with Gasteiger partial charge >= 0.3 is 0 Å². The molecule has 0 N–H and O–H groups in total. The molecule has 0 bridgehead atoms. The molecule has 3 nitrogen and oxygen atoms in total. The summed E-state index contributed by atoms with van der Waals surface area (Å²) in [6.07, 6.45) is 4.47. The fourth-order valence-electron chi connectivity index (χ4n) is 1.94. The van der Waals surface area contributed by atoms with E-state index in [0.29, 0.717) is 5.88 Å². The lowest BCUT2D eigenvalue weighted by Gasteiger charge is -2.07. The summed E-state index contributed by atoms with van der Waals surface area (Å²) in [6.45, 7) is 0.966. The van der Waals surface area contributed by atoms with Gasteiger partial charge in [0.15, 0.2) is 0 Å². The van der Waals surface area contributed by atoms with Crippen LogP contribution in [0.5, 0.6) is 5.88 Å². The summed E-state index contributed by atoms with van der Waals surface area (Å²) in [5.74, 6) is 0.705. The highest BCUT2D eigenvalue weighted by molar-refractivity contribution is 5.70. The third-order valence-corrected chi connectivity index (χ3v) is 2.83. The van der Waals surface area contributed by atoms with Gasteiger partial charge in [0.1, 0.15) is 0 Å². The van der Waals surface area contributed by atoms with E-state index < -0.39 is 0 Å². The first-order valence-corrected chi connectivity index (χ1v) is 5.58. The number of aryl methyl sites for hydroxylation is 1. The van der Waals surface area contributed by atoms with E-state index in [1.54, 1.807) is 7.11 Å². The van der Waals surface area contributed by atoms with Crippen molar-refractivity contribution in [2.45, 2.75) is 12.8 Å². The molecule has 16 heavy (non-hydrogen) atoms. The molecular weight excluding hydrogens is 200 g/mol. The molecule has 0 amide bonds. The molecule has 3 heteroatoms. The molecule has 0 aromatic carbocycles. The number of nitrogens with zero attached hydrogens (tertiary/aromatic N) is 2. The molecule has 0 unspecified atom stereocenters. The minimum atomic E-state index is 0.705. The Morgan fingerprint density at radius 2 is 2.19 bits per heavy atom. The van der Waals surface area contributed by atoms with E-state index in [2.05, 4.69) is 36.1 Å². The summed E-state index contributed by atoms with van der Waals surface area (Å²) in [5.41, 5.74) is 3.81. The van der Waals surface area contributed by atoms with Gasteiger partial charge in [0.2, 0.25) is 5.88 Å². The molecular formula is C13H18N2O. The first-order valence-electron chi connectivity index (χ1n) is 5.58. The molecule has 0 radical (unpaired) electrons. The highest BCUT2D eigenvalue weighted by Crippen LogP contribution is 2.31. The lowest BCUT2D eigenvalue weighted by atomic mass is 10.2. The second-order valence-corrected chi connectivity index (χ2v) is 4.35. The monoisotopic (exact) mass is 218 g/mol. The Morgan fingerprint density at radius 3 is 2.88 bits per heavy atom. The molecule has 2 rings (SSSR count). The number of likely N-dealkylation sites (N-methyl/N-ethyl adjacent to an activating group) is 1. The van der Waals surface area contributed by atoms with Crippen LogP contribution in [0.3, 0.4) is 0 Å². The standard InChI is InChI=1S/C13H18N2O/c1-15(2)9-8-11-5-4-10-6-7-12(16-3)14-13(10)11/h6-8H,4-5,9H2,1-3H3/b11-8+. The molecule has 1 aromatic rings. The fraction of sp³-hybridized carbons (Fsp3) is 0.462. The molecule has 0 saturated heterocycles. The van der Waals surface area contributed by atoms with Crippen molar-refractivity contribution in [1.82, 2.24) is 9.88 Å². The molecule has 0 aliphatic heterocycles. The third-order valence-electron chi connectivity index (χ3n) is 2.83. The zero-order chi connectivity index (χ0) is 11.5. The Balaban J connectivity index is 2.27. The quantitative estimate of drug-likeness (QED) is 0.775. The van der Waals surface area contributed by atoms with E-state index in [0.717, 1.165) is 25.1 Å². The largest absolute Gasteiger partial charge is 0.481 e. The second kappa shape index (κ2) is 4.66. The van der Waals surface area contributed by atoms with Gasteiger partial charge in [-0.05, 0) is 38.1 Å². The third kappa shape index (κ3) is 2.25. The molecule has 0 atom stereocenters. The van der Waals surface area contributed by atoms with Crippen LogP contribution in [0.1, 0.15) is 17.7 Å². The van der Waals surface area contributed by atoms with E-state index in [1.165, 1.54) is 11.1 Å². The first-order chi connectivity index (χ1) is 7.70. The van der Waals surface area contributed by atoms with Gasteiger partial charge in [-0.1, -0.05) is 12.1 Å². The van der Waals surface area contributed by atoms with Crippen molar-refractivity contribution in [3.63, 3.8) is 0 Å². The molecule has 1 aliphatic carbocycles. The average Bonchev–Trinajstić information content (AvgIpc) is 2.68.